The molecule has 0 aromatic rings. The molecule has 0 saturated heterocycles. The molecule has 0 rings (SSSR count). The van der Waals surface area contributed by atoms with Gasteiger partial charge in [-0.1, -0.05) is 20.1 Å². The van der Waals surface area contributed by atoms with Crippen LogP contribution >= 0.6 is 0 Å². The monoisotopic (exact) mass is 172 g/mol. The van der Waals surface area contributed by atoms with Gasteiger partial charge in [-0.25, -0.2) is 0 Å². The molecule has 0 aliphatic rings. The highest BCUT2D eigenvalue weighted by Crippen LogP contribution is 1.89. The number of hydrogen-bond acceptors (Lipinski definition) is 3. The highest BCUT2D eigenvalue weighted by Gasteiger charge is 1.94. The third kappa shape index (κ3) is 15.9. The first kappa shape index (κ1) is 13.3. The molecule has 0 aliphatic heterocycles. The van der Waals surface area contributed by atoms with E-state index in [2.05, 4.69) is 22.6 Å². The quantitative estimate of drug-likeness (QED) is 0.482. The van der Waals surface area contributed by atoms with Crippen molar-refractivity contribution in [3.05, 3.63) is 25.7 Å². The first-order valence-electron chi connectivity index (χ1n) is 3.67. The minimum absolute atomic E-state index is 0.206. The summed E-state index contributed by atoms with van der Waals surface area (Å²) >= 11 is 0. The van der Waals surface area contributed by atoms with Crippen LogP contribution in [0.3, 0.4) is 0 Å². The molecular formula is C9H16O3. The molecule has 0 unspecified atom stereocenters. The van der Waals surface area contributed by atoms with Crippen molar-refractivity contribution in [2.24, 2.45) is 0 Å². The van der Waals surface area contributed by atoms with E-state index in [4.69, 9.17) is 0 Å². The van der Waals surface area contributed by atoms with Crippen molar-refractivity contribution in [2.75, 3.05) is 7.11 Å². The van der Waals surface area contributed by atoms with Gasteiger partial charge in [0, 0.05) is 6.42 Å². The summed E-state index contributed by atoms with van der Waals surface area (Å²) in [5.41, 5.74) is 0. The van der Waals surface area contributed by atoms with Crippen LogP contribution in [0.1, 0.15) is 19.8 Å². The molecule has 0 saturated carbocycles. The first-order valence-corrected chi connectivity index (χ1v) is 3.67. The zero-order chi connectivity index (χ0) is 9.82. The molecule has 0 amide bonds. The van der Waals surface area contributed by atoms with E-state index in [0.29, 0.717) is 6.42 Å². The van der Waals surface area contributed by atoms with Crippen LogP contribution in [0, 0.1) is 0 Å². The third-order valence-electron chi connectivity index (χ3n) is 0.836. The van der Waals surface area contributed by atoms with Gasteiger partial charge in [-0.15, -0.1) is 0 Å². The van der Waals surface area contributed by atoms with Gasteiger partial charge in [0.15, 0.2) is 0 Å². The van der Waals surface area contributed by atoms with Crippen molar-refractivity contribution in [3.8, 4) is 0 Å². The van der Waals surface area contributed by atoms with Crippen LogP contribution in [0.25, 0.3) is 0 Å². The van der Waals surface area contributed by atoms with Crippen molar-refractivity contribution in [3.63, 3.8) is 0 Å². The molecule has 0 atom stereocenters. The van der Waals surface area contributed by atoms with Crippen LogP contribution < -0.4 is 0 Å². The molecule has 70 valence electrons. The summed E-state index contributed by atoms with van der Waals surface area (Å²) in [5.74, 6) is -0.206. The maximum absolute atomic E-state index is 10.3. The summed E-state index contributed by atoms with van der Waals surface area (Å²) in [5, 5.41) is 0. The molecule has 0 radical (unpaired) electrons. The second-order valence-electron chi connectivity index (χ2n) is 1.81. The van der Waals surface area contributed by atoms with E-state index in [9.17, 15) is 4.79 Å². The van der Waals surface area contributed by atoms with Gasteiger partial charge < -0.3 is 9.47 Å². The van der Waals surface area contributed by atoms with Crippen molar-refractivity contribution in [1.82, 2.24) is 0 Å². The van der Waals surface area contributed by atoms with Crippen LogP contribution in [0.2, 0.25) is 0 Å². The Kier molecular flexibility index (Phi) is 13.8. The third-order valence-corrected chi connectivity index (χ3v) is 0.836. The number of hydrogen-bond donors (Lipinski definition) is 0. The summed E-state index contributed by atoms with van der Waals surface area (Å²) in [6.07, 6.45) is 3.83. The lowest BCUT2D eigenvalue weighted by molar-refractivity contribution is -0.137. The van der Waals surface area contributed by atoms with Crippen molar-refractivity contribution in [1.29, 1.82) is 0 Å². The van der Waals surface area contributed by atoms with E-state index in [1.807, 2.05) is 6.92 Å². The van der Waals surface area contributed by atoms with Gasteiger partial charge in [0.25, 0.3) is 0 Å². The van der Waals surface area contributed by atoms with E-state index in [1.54, 1.807) is 7.11 Å². The zero-order valence-corrected chi connectivity index (χ0v) is 7.71. The number of esters is 1. The van der Waals surface area contributed by atoms with Gasteiger partial charge in [-0.05, 0) is 6.42 Å². The van der Waals surface area contributed by atoms with Gasteiger partial charge in [-0.3, -0.25) is 4.79 Å². The standard InChI is InChI=1S/C6H10O2.C3H6O/c1-3-5-6(7)8-4-2;1-3-4-2/h4H,2-3,5H2,1H3;3H,1H2,2H3. The maximum Gasteiger partial charge on any atom is 0.310 e. The Balaban J connectivity index is 0. The SMILES string of the molecule is C=COC.C=COC(=O)CCC. The van der Waals surface area contributed by atoms with E-state index >= 15 is 0 Å². The van der Waals surface area contributed by atoms with Gasteiger partial charge in [0.1, 0.15) is 0 Å². The molecule has 3 nitrogen and oxygen atoms in total. The molecule has 0 aromatic heterocycles. The van der Waals surface area contributed by atoms with E-state index in [0.717, 1.165) is 12.7 Å². The molecule has 0 N–H and O–H groups in total. The average molecular weight is 172 g/mol. The van der Waals surface area contributed by atoms with Crippen molar-refractivity contribution >= 4 is 5.97 Å². The highest BCUT2D eigenvalue weighted by molar-refractivity contribution is 5.69. The fraction of sp³-hybridized carbons (Fsp3) is 0.444. The average Bonchev–Trinajstić information content (AvgIpc) is 2.06. The lowest BCUT2D eigenvalue weighted by Crippen LogP contribution is -1.96. The Morgan fingerprint density at radius 3 is 2.17 bits per heavy atom. The topological polar surface area (TPSA) is 35.5 Å². The summed E-state index contributed by atoms with van der Waals surface area (Å²) in [6, 6.07) is 0. The first-order chi connectivity index (χ1) is 5.72. The summed E-state index contributed by atoms with van der Waals surface area (Å²) in [7, 11) is 1.56. The Labute approximate surface area is 73.7 Å². The van der Waals surface area contributed by atoms with Crippen molar-refractivity contribution in [2.45, 2.75) is 19.8 Å². The second-order valence-corrected chi connectivity index (χ2v) is 1.81. The molecular weight excluding hydrogens is 156 g/mol. The number of ether oxygens (including phenoxy) is 2. The van der Waals surface area contributed by atoms with E-state index < -0.39 is 0 Å². The normalized spacial score (nSPS) is 7.17. The molecule has 0 fully saturated rings. The Morgan fingerprint density at radius 1 is 1.42 bits per heavy atom. The molecule has 12 heavy (non-hydrogen) atoms. The predicted molar refractivity (Wildman–Crippen MR) is 48.4 cm³/mol. The summed E-state index contributed by atoms with van der Waals surface area (Å²) in [6.45, 7) is 8.42. The summed E-state index contributed by atoms with van der Waals surface area (Å²) < 4.78 is 8.71. The largest absolute Gasteiger partial charge is 0.505 e. The number of rotatable bonds is 4. The molecule has 3 heteroatoms. The molecule has 0 bridgehead atoms. The molecule has 0 spiro atoms. The number of carbonyl (C=O) groups excluding carboxylic acids is 1. The van der Waals surface area contributed by atoms with Crippen LogP contribution in [0.4, 0.5) is 0 Å². The molecule has 0 aromatic carbocycles. The van der Waals surface area contributed by atoms with Gasteiger partial charge in [0.2, 0.25) is 0 Å². The van der Waals surface area contributed by atoms with Crippen molar-refractivity contribution < 1.29 is 14.3 Å². The molecule has 0 aliphatic carbocycles. The number of methoxy groups -OCH3 is 1. The summed E-state index contributed by atoms with van der Waals surface area (Å²) in [4.78, 5) is 10.3. The van der Waals surface area contributed by atoms with Crippen LogP contribution in [0.5, 0.6) is 0 Å². The Hall–Kier alpha value is -1.25. The fourth-order valence-corrected chi connectivity index (χ4v) is 0.356. The zero-order valence-electron chi connectivity index (χ0n) is 7.71. The Morgan fingerprint density at radius 2 is 1.92 bits per heavy atom. The lowest BCUT2D eigenvalue weighted by atomic mass is 10.3. The van der Waals surface area contributed by atoms with Gasteiger partial charge in [0.05, 0.1) is 19.6 Å². The van der Waals surface area contributed by atoms with Gasteiger partial charge >= 0.3 is 5.97 Å². The lowest BCUT2D eigenvalue weighted by Gasteiger charge is -1.92. The minimum Gasteiger partial charge on any atom is -0.505 e. The maximum atomic E-state index is 10.3. The van der Waals surface area contributed by atoms with Crippen LogP contribution in [-0.2, 0) is 14.3 Å². The van der Waals surface area contributed by atoms with E-state index in [1.165, 1.54) is 6.26 Å². The van der Waals surface area contributed by atoms with E-state index in [-0.39, 0.29) is 5.97 Å². The minimum atomic E-state index is -0.206. The highest BCUT2D eigenvalue weighted by atomic mass is 16.5. The molecule has 0 heterocycles. The van der Waals surface area contributed by atoms with Crippen LogP contribution in [0.15, 0.2) is 25.7 Å². The second kappa shape index (κ2) is 12.4. The predicted octanol–water partition coefficient (Wildman–Crippen LogP) is 2.25. The fourth-order valence-electron chi connectivity index (χ4n) is 0.356. The number of carbonyl (C=O) groups is 1. The Bertz CT molecular complexity index is 130. The smallest absolute Gasteiger partial charge is 0.310 e. The van der Waals surface area contributed by atoms with Crippen LogP contribution in [-0.4, -0.2) is 13.1 Å². The van der Waals surface area contributed by atoms with Gasteiger partial charge in [-0.2, -0.15) is 0 Å².